The molecule has 0 unspecified atom stereocenters. The lowest BCUT2D eigenvalue weighted by molar-refractivity contribution is -0.145. The SMILES string of the molecule is O=C(O)C[C@H](NC(=O)NCCc1cccc(F)c1)C(=O)O. The van der Waals surface area contributed by atoms with Crippen molar-refractivity contribution < 1.29 is 29.0 Å². The Bertz CT molecular complexity index is 535. The topological polar surface area (TPSA) is 116 Å². The maximum absolute atomic E-state index is 12.9. The number of hydrogen-bond acceptors (Lipinski definition) is 3. The van der Waals surface area contributed by atoms with E-state index < -0.39 is 30.4 Å². The van der Waals surface area contributed by atoms with Crippen LogP contribution >= 0.6 is 0 Å². The Hall–Kier alpha value is -2.64. The fourth-order valence-corrected chi connectivity index (χ4v) is 1.60. The smallest absolute Gasteiger partial charge is 0.326 e. The number of halogens is 1. The van der Waals surface area contributed by atoms with Crippen LogP contribution in [0.4, 0.5) is 9.18 Å². The first-order valence-electron chi connectivity index (χ1n) is 6.12. The number of urea groups is 1. The van der Waals surface area contributed by atoms with Crippen molar-refractivity contribution in [3.8, 4) is 0 Å². The van der Waals surface area contributed by atoms with Crippen molar-refractivity contribution in [3.05, 3.63) is 35.6 Å². The summed E-state index contributed by atoms with van der Waals surface area (Å²) in [5, 5.41) is 21.7. The fourth-order valence-electron chi connectivity index (χ4n) is 1.60. The van der Waals surface area contributed by atoms with Crippen LogP contribution in [0.2, 0.25) is 0 Å². The second kappa shape index (κ2) is 7.83. The molecule has 4 N–H and O–H groups in total. The molecule has 7 nitrogen and oxygen atoms in total. The first kappa shape index (κ1) is 16.4. The zero-order valence-corrected chi connectivity index (χ0v) is 11.0. The van der Waals surface area contributed by atoms with Crippen LogP contribution in [0.15, 0.2) is 24.3 Å². The zero-order chi connectivity index (χ0) is 15.8. The van der Waals surface area contributed by atoms with E-state index in [4.69, 9.17) is 10.2 Å². The van der Waals surface area contributed by atoms with Gasteiger partial charge in [0.15, 0.2) is 0 Å². The van der Waals surface area contributed by atoms with Crippen molar-refractivity contribution in [1.29, 1.82) is 0 Å². The highest BCUT2D eigenvalue weighted by Crippen LogP contribution is 2.03. The van der Waals surface area contributed by atoms with Gasteiger partial charge in [0.1, 0.15) is 11.9 Å². The van der Waals surface area contributed by atoms with Gasteiger partial charge in [-0.2, -0.15) is 0 Å². The molecule has 0 aliphatic carbocycles. The molecule has 0 radical (unpaired) electrons. The molecule has 0 heterocycles. The van der Waals surface area contributed by atoms with Crippen LogP contribution in [0.3, 0.4) is 0 Å². The summed E-state index contributed by atoms with van der Waals surface area (Å²) in [6.07, 6.45) is -0.353. The van der Waals surface area contributed by atoms with E-state index in [0.29, 0.717) is 12.0 Å². The lowest BCUT2D eigenvalue weighted by atomic mass is 10.1. The van der Waals surface area contributed by atoms with Gasteiger partial charge in [0, 0.05) is 6.54 Å². The lowest BCUT2D eigenvalue weighted by Gasteiger charge is -2.13. The average molecular weight is 298 g/mol. The van der Waals surface area contributed by atoms with E-state index in [9.17, 15) is 18.8 Å². The summed E-state index contributed by atoms with van der Waals surface area (Å²) in [5.41, 5.74) is 0.677. The molecule has 0 spiro atoms. The summed E-state index contributed by atoms with van der Waals surface area (Å²) in [4.78, 5) is 32.7. The van der Waals surface area contributed by atoms with E-state index >= 15 is 0 Å². The summed E-state index contributed by atoms with van der Waals surface area (Å²) in [5.74, 6) is -3.15. The number of nitrogens with one attached hydrogen (secondary N) is 2. The molecule has 0 aromatic heterocycles. The molecular formula is C13H15FN2O5. The van der Waals surface area contributed by atoms with Crippen LogP contribution in [0.1, 0.15) is 12.0 Å². The highest BCUT2D eigenvalue weighted by atomic mass is 19.1. The quantitative estimate of drug-likeness (QED) is 0.588. The van der Waals surface area contributed by atoms with E-state index in [1.165, 1.54) is 18.2 Å². The summed E-state index contributed by atoms with van der Waals surface area (Å²) in [6, 6.07) is 3.55. The first-order chi connectivity index (χ1) is 9.88. The molecule has 0 aliphatic heterocycles. The third-order valence-electron chi connectivity index (χ3n) is 2.57. The Balaban J connectivity index is 2.39. The lowest BCUT2D eigenvalue weighted by Crippen LogP contribution is -2.47. The van der Waals surface area contributed by atoms with Gasteiger partial charge in [-0.05, 0) is 24.1 Å². The molecule has 114 valence electrons. The normalized spacial score (nSPS) is 11.5. The minimum Gasteiger partial charge on any atom is -0.481 e. The molecule has 8 heteroatoms. The van der Waals surface area contributed by atoms with Gasteiger partial charge in [0.05, 0.1) is 6.42 Å². The number of benzene rings is 1. The summed E-state index contributed by atoms with van der Waals surface area (Å²) < 4.78 is 12.9. The first-order valence-corrected chi connectivity index (χ1v) is 6.12. The van der Waals surface area contributed by atoms with Crippen molar-refractivity contribution in [2.24, 2.45) is 0 Å². The molecule has 0 bridgehead atoms. The van der Waals surface area contributed by atoms with Gasteiger partial charge in [0.25, 0.3) is 0 Å². The van der Waals surface area contributed by atoms with Crippen LogP contribution in [0, 0.1) is 5.82 Å². The minimum atomic E-state index is -1.50. The Morgan fingerprint density at radius 3 is 2.52 bits per heavy atom. The van der Waals surface area contributed by atoms with Crippen LogP contribution in [-0.2, 0) is 16.0 Å². The molecule has 1 atom stereocenters. The summed E-state index contributed by atoms with van der Waals surface area (Å²) in [7, 11) is 0. The van der Waals surface area contributed by atoms with Gasteiger partial charge < -0.3 is 20.8 Å². The molecule has 1 aromatic carbocycles. The zero-order valence-electron chi connectivity index (χ0n) is 11.0. The standard InChI is InChI=1S/C13H15FN2O5/c14-9-3-1-2-8(6-9)4-5-15-13(21)16-10(12(19)20)7-11(17)18/h1-3,6,10H,4-5,7H2,(H,17,18)(H,19,20)(H2,15,16,21)/t10-/m0/s1. The van der Waals surface area contributed by atoms with Crippen LogP contribution in [-0.4, -0.2) is 40.8 Å². The van der Waals surface area contributed by atoms with Gasteiger partial charge in [-0.15, -0.1) is 0 Å². The minimum absolute atomic E-state index is 0.161. The van der Waals surface area contributed by atoms with Gasteiger partial charge in [0.2, 0.25) is 0 Å². The van der Waals surface area contributed by atoms with E-state index in [2.05, 4.69) is 5.32 Å². The maximum atomic E-state index is 12.9. The predicted octanol–water partition coefficient (Wildman–Crippen LogP) is 0.595. The number of aliphatic carboxylic acids is 2. The van der Waals surface area contributed by atoms with Crippen molar-refractivity contribution in [2.45, 2.75) is 18.9 Å². The number of hydrogen-bond donors (Lipinski definition) is 4. The van der Waals surface area contributed by atoms with Crippen LogP contribution in [0.5, 0.6) is 0 Å². The van der Waals surface area contributed by atoms with E-state index in [0.717, 1.165) is 0 Å². The van der Waals surface area contributed by atoms with Crippen LogP contribution in [0.25, 0.3) is 0 Å². The maximum Gasteiger partial charge on any atom is 0.326 e. The molecule has 0 fully saturated rings. The molecular weight excluding hydrogens is 283 g/mol. The Labute approximate surface area is 119 Å². The Kier molecular flexibility index (Phi) is 6.12. The fraction of sp³-hybridized carbons (Fsp3) is 0.308. The predicted molar refractivity (Wildman–Crippen MR) is 70.3 cm³/mol. The number of rotatable bonds is 7. The summed E-state index contributed by atoms with van der Waals surface area (Å²) >= 11 is 0. The molecule has 0 saturated carbocycles. The number of carboxylic acid groups (broad SMARTS) is 2. The van der Waals surface area contributed by atoms with Gasteiger partial charge >= 0.3 is 18.0 Å². The molecule has 21 heavy (non-hydrogen) atoms. The van der Waals surface area contributed by atoms with Crippen LogP contribution < -0.4 is 10.6 Å². The highest BCUT2D eigenvalue weighted by Gasteiger charge is 2.22. The second-order valence-electron chi connectivity index (χ2n) is 4.27. The largest absolute Gasteiger partial charge is 0.481 e. The Morgan fingerprint density at radius 2 is 1.95 bits per heavy atom. The van der Waals surface area contributed by atoms with Gasteiger partial charge in [-0.3, -0.25) is 4.79 Å². The monoisotopic (exact) mass is 298 g/mol. The van der Waals surface area contributed by atoms with Crippen molar-refractivity contribution in [2.75, 3.05) is 6.54 Å². The molecule has 0 saturated heterocycles. The number of amides is 2. The van der Waals surface area contributed by atoms with Crippen molar-refractivity contribution in [3.63, 3.8) is 0 Å². The van der Waals surface area contributed by atoms with Crippen molar-refractivity contribution >= 4 is 18.0 Å². The third kappa shape index (κ3) is 6.37. The molecule has 1 aromatic rings. The highest BCUT2D eigenvalue weighted by molar-refractivity contribution is 5.86. The van der Waals surface area contributed by atoms with E-state index in [1.54, 1.807) is 6.07 Å². The van der Waals surface area contributed by atoms with E-state index in [1.807, 2.05) is 5.32 Å². The molecule has 1 rings (SSSR count). The third-order valence-corrected chi connectivity index (χ3v) is 2.57. The second-order valence-corrected chi connectivity index (χ2v) is 4.27. The number of carbonyl (C=O) groups excluding carboxylic acids is 1. The van der Waals surface area contributed by atoms with E-state index in [-0.39, 0.29) is 12.4 Å². The average Bonchev–Trinajstić information content (AvgIpc) is 2.37. The van der Waals surface area contributed by atoms with Crippen molar-refractivity contribution in [1.82, 2.24) is 10.6 Å². The molecule has 2 amide bonds. The molecule has 0 aliphatic rings. The van der Waals surface area contributed by atoms with Gasteiger partial charge in [-0.1, -0.05) is 12.1 Å². The Morgan fingerprint density at radius 1 is 1.24 bits per heavy atom. The summed E-state index contributed by atoms with van der Waals surface area (Å²) in [6.45, 7) is 0.161. The van der Waals surface area contributed by atoms with Gasteiger partial charge in [-0.25, -0.2) is 14.0 Å². The number of carbonyl (C=O) groups is 3. The number of carboxylic acids is 2.